The zero-order valence-corrected chi connectivity index (χ0v) is 12.1. The molecule has 1 aliphatic rings. The number of fused-ring (bicyclic) bond motifs is 1. The first-order valence-electron chi connectivity index (χ1n) is 6.71. The SMILES string of the molecule is CC(CC(C)(O)CN)Sc1ccc2c(c1)CCC2. The van der Waals surface area contributed by atoms with Gasteiger partial charge in [0.1, 0.15) is 0 Å². The van der Waals surface area contributed by atoms with Crippen LogP contribution >= 0.6 is 11.8 Å². The molecule has 0 saturated heterocycles. The van der Waals surface area contributed by atoms with E-state index in [0.29, 0.717) is 11.8 Å². The van der Waals surface area contributed by atoms with Gasteiger partial charge in [-0.25, -0.2) is 0 Å². The topological polar surface area (TPSA) is 46.2 Å². The Hall–Kier alpha value is -0.510. The van der Waals surface area contributed by atoms with Crippen molar-refractivity contribution in [2.45, 2.75) is 55.3 Å². The van der Waals surface area contributed by atoms with E-state index in [4.69, 9.17) is 5.73 Å². The lowest BCUT2D eigenvalue weighted by atomic mass is 10.0. The molecular formula is C15H23NOS. The fourth-order valence-electron chi connectivity index (χ4n) is 2.60. The fourth-order valence-corrected chi connectivity index (χ4v) is 3.86. The zero-order chi connectivity index (χ0) is 13.2. The summed E-state index contributed by atoms with van der Waals surface area (Å²) >= 11 is 1.84. The summed E-state index contributed by atoms with van der Waals surface area (Å²) in [5.74, 6) is 0. The number of aryl methyl sites for hydroxylation is 2. The maximum absolute atomic E-state index is 9.99. The lowest BCUT2D eigenvalue weighted by Crippen LogP contribution is -2.36. The quantitative estimate of drug-likeness (QED) is 0.805. The Bertz CT molecular complexity index is 417. The molecule has 0 saturated carbocycles. The summed E-state index contributed by atoms with van der Waals surface area (Å²) in [6.07, 6.45) is 4.47. The van der Waals surface area contributed by atoms with Gasteiger partial charge in [0.05, 0.1) is 5.60 Å². The molecule has 3 N–H and O–H groups in total. The van der Waals surface area contributed by atoms with E-state index in [0.717, 1.165) is 6.42 Å². The van der Waals surface area contributed by atoms with Crippen LogP contribution in [0.5, 0.6) is 0 Å². The number of aliphatic hydroxyl groups is 1. The number of benzene rings is 1. The van der Waals surface area contributed by atoms with Crippen LogP contribution in [0.25, 0.3) is 0 Å². The molecule has 1 aromatic carbocycles. The van der Waals surface area contributed by atoms with Gasteiger partial charge >= 0.3 is 0 Å². The number of hydrogen-bond acceptors (Lipinski definition) is 3. The molecule has 0 amide bonds. The summed E-state index contributed by atoms with van der Waals surface area (Å²) in [7, 11) is 0. The molecule has 0 heterocycles. The molecule has 0 aliphatic heterocycles. The molecule has 0 spiro atoms. The normalized spacial score (nSPS) is 19.3. The third-order valence-electron chi connectivity index (χ3n) is 3.57. The van der Waals surface area contributed by atoms with Crippen LogP contribution in [0.1, 0.15) is 37.8 Å². The fraction of sp³-hybridized carbons (Fsp3) is 0.600. The van der Waals surface area contributed by atoms with E-state index in [9.17, 15) is 5.11 Å². The van der Waals surface area contributed by atoms with Crippen LogP contribution in [0.15, 0.2) is 23.1 Å². The minimum atomic E-state index is -0.747. The first kappa shape index (κ1) is 13.9. The first-order chi connectivity index (χ1) is 8.50. The van der Waals surface area contributed by atoms with Gasteiger partial charge in [0.2, 0.25) is 0 Å². The Morgan fingerprint density at radius 1 is 1.39 bits per heavy atom. The lowest BCUT2D eigenvalue weighted by Gasteiger charge is -2.24. The van der Waals surface area contributed by atoms with Crippen LogP contribution in [-0.4, -0.2) is 22.5 Å². The molecule has 100 valence electrons. The molecular weight excluding hydrogens is 242 g/mol. The molecule has 3 heteroatoms. The van der Waals surface area contributed by atoms with Crippen LogP contribution in [0.4, 0.5) is 0 Å². The van der Waals surface area contributed by atoms with E-state index < -0.39 is 5.60 Å². The van der Waals surface area contributed by atoms with Gasteiger partial charge in [-0.15, -0.1) is 11.8 Å². The Morgan fingerprint density at radius 2 is 2.11 bits per heavy atom. The standard InChI is InChI=1S/C15H23NOS/c1-11(9-15(2,17)10-16)18-14-7-6-12-4-3-5-13(12)8-14/h6-8,11,17H,3-5,9-10,16H2,1-2H3. The molecule has 2 unspecified atom stereocenters. The second kappa shape index (κ2) is 5.64. The summed E-state index contributed by atoms with van der Waals surface area (Å²) in [6.45, 7) is 4.29. The van der Waals surface area contributed by atoms with Crippen molar-refractivity contribution in [1.82, 2.24) is 0 Å². The van der Waals surface area contributed by atoms with Crippen LogP contribution in [0.2, 0.25) is 0 Å². The van der Waals surface area contributed by atoms with Crippen LogP contribution < -0.4 is 5.73 Å². The van der Waals surface area contributed by atoms with Crippen molar-refractivity contribution in [3.8, 4) is 0 Å². The van der Waals surface area contributed by atoms with Crippen molar-refractivity contribution in [3.05, 3.63) is 29.3 Å². The largest absolute Gasteiger partial charge is 0.389 e. The Balaban J connectivity index is 1.97. The number of rotatable bonds is 5. The average Bonchev–Trinajstić information content (AvgIpc) is 2.75. The van der Waals surface area contributed by atoms with E-state index in [-0.39, 0.29) is 0 Å². The van der Waals surface area contributed by atoms with Gasteiger partial charge in [0.25, 0.3) is 0 Å². The van der Waals surface area contributed by atoms with E-state index >= 15 is 0 Å². The second-order valence-corrected chi connectivity index (χ2v) is 7.13. The molecule has 0 fully saturated rings. The van der Waals surface area contributed by atoms with Gasteiger partial charge in [0.15, 0.2) is 0 Å². The average molecular weight is 265 g/mol. The van der Waals surface area contributed by atoms with E-state index in [1.54, 1.807) is 0 Å². The van der Waals surface area contributed by atoms with Crippen LogP contribution in [0.3, 0.4) is 0 Å². The highest BCUT2D eigenvalue weighted by Gasteiger charge is 2.22. The molecule has 0 radical (unpaired) electrons. The predicted octanol–water partition coefficient (Wildman–Crippen LogP) is 2.76. The van der Waals surface area contributed by atoms with Gasteiger partial charge in [-0.3, -0.25) is 0 Å². The molecule has 2 nitrogen and oxygen atoms in total. The lowest BCUT2D eigenvalue weighted by molar-refractivity contribution is 0.0608. The molecule has 18 heavy (non-hydrogen) atoms. The number of thioether (sulfide) groups is 1. The van der Waals surface area contributed by atoms with Gasteiger partial charge in [-0.2, -0.15) is 0 Å². The minimum Gasteiger partial charge on any atom is -0.389 e. The van der Waals surface area contributed by atoms with E-state index in [1.165, 1.54) is 35.3 Å². The summed E-state index contributed by atoms with van der Waals surface area (Å²) < 4.78 is 0. The molecule has 2 rings (SSSR count). The van der Waals surface area contributed by atoms with Gasteiger partial charge in [0, 0.05) is 16.7 Å². The molecule has 1 aromatic rings. The monoisotopic (exact) mass is 265 g/mol. The molecule has 1 aliphatic carbocycles. The summed E-state index contributed by atoms with van der Waals surface area (Å²) in [5, 5.41) is 10.4. The van der Waals surface area contributed by atoms with Crippen molar-refractivity contribution >= 4 is 11.8 Å². The van der Waals surface area contributed by atoms with E-state index in [2.05, 4.69) is 25.1 Å². The van der Waals surface area contributed by atoms with Crippen LogP contribution in [-0.2, 0) is 12.8 Å². The van der Waals surface area contributed by atoms with Gasteiger partial charge in [-0.1, -0.05) is 13.0 Å². The second-order valence-electron chi connectivity index (χ2n) is 5.62. The van der Waals surface area contributed by atoms with Crippen molar-refractivity contribution in [3.63, 3.8) is 0 Å². The minimum absolute atomic E-state index is 0.322. The van der Waals surface area contributed by atoms with Crippen molar-refractivity contribution in [2.24, 2.45) is 5.73 Å². The predicted molar refractivity (Wildman–Crippen MR) is 78.1 cm³/mol. The van der Waals surface area contributed by atoms with Gasteiger partial charge < -0.3 is 10.8 Å². The van der Waals surface area contributed by atoms with Crippen molar-refractivity contribution in [2.75, 3.05) is 6.54 Å². The molecule has 2 atom stereocenters. The Kier molecular flexibility index (Phi) is 4.36. The van der Waals surface area contributed by atoms with E-state index in [1.807, 2.05) is 18.7 Å². The van der Waals surface area contributed by atoms with Crippen molar-refractivity contribution in [1.29, 1.82) is 0 Å². The highest BCUT2D eigenvalue weighted by atomic mass is 32.2. The summed E-state index contributed by atoms with van der Waals surface area (Å²) in [5.41, 5.74) is 7.84. The molecule has 0 bridgehead atoms. The highest BCUT2D eigenvalue weighted by molar-refractivity contribution is 7.99. The maximum Gasteiger partial charge on any atom is 0.0752 e. The highest BCUT2D eigenvalue weighted by Crippen LogP contribution is 2.32. The van der Waals surface area contributed by atoms with Crippen molar-refractivity contribution < 1.29 is 5.11 Å². The third kappa shape index (κ3) is 3.50. The van der Waals surface area contributed by atoms with Crippen LogP contribution in [0, 0.1) is 0 Å². The molecule has 0 aromatic heterocycles. The smallest absolute Gasteiger partial charge is 0.0752 e. The zero-order valence-electron chi connectivity index (χ0n) is 11.3. The van der Waals surface area contributed by atoms with Gasteiger partial charge in [-0.05, 0) is 55.9 Å². The first-order valence-corrected chi connectivity index (χ1v) is 7.59. The number of hydrogen-bond donors (Lipinski definition) is 2. The third-order valence-corrected chi connectivity index (χ3v) is 4.67. The summed E-state index contributed by atoms with van der Waals surface area (Å²) in [4.78, 5) is 1.32. The Morgan fingerprint density at radius 3 is 2.83 bits per heavy atom. The Labute approximate surface area is 114 Å². The summed E-state index contributed by atoms with van der Waals surface area (Å²) in [6, 6.07) is 6.79. The maximum atomic E-state index is 9.99. The number of nitrogens with two attached hydrogens (primary N) is 1.